The van der Waals surface area contributed by atoms with Crippen molar-refractivity contribution in [2.75, 3.05) is 31.1 Å². The van der Waals surface area contributed by atoms with Crippen molar-refractivity contribution in [1.29, 1.82) is 0 Å². The Balaban J connectivity index is 1.82. The highest BCUT2D eigenvalue weighted by atomic mass is 16.5. The Morgan fingerprint density at radius 2 is 1.81 bits per heavy atom. The maximum absolute atomic E-state index is 13.1. The molecule has 0 atom stereocenters. The molecule has 4 rings (SSSR count). The fourth-order valence-corrected chi connectivity index (χ4v) is 3.41. The number of urea groups is 1. The Bertz CT molecular complexity index is 989. The largest absolute Gasteiger partial charge is 0.497 e. The molecule has 7 nitrogen and oxygen atoms in total. The number of nitrogens with one attached hydrogen (secondary N) is 1. The van der Waals surface area contributed by atoms with Crippen molar-refractivity contribution in [3.63, 3.8) is 0 Å². The number of ether oxygens (including phenoxy) is 2. The summed E-state index contributed by atoms with van der Waals surface area (Å²) in [6.45, 7) is 2.41. The molecule has 0 fully saturated rings. The molecule has 7 heteroatoms. The average molecular weight is 352 g/mol. The van der Waals surface area contributed by atoms with Gasteiger partial charge in [-0.2, -0.15) is 0 Å². The lowest BCUT2D eigenvalue weighted by Gasteiger charge is -2.35. The molecule has 2 aromatic heterocycles. The van der Waals surface area contributed by atoms with Crippen molar-refractivity contribution in [3.8, 4) is 11.5 Å². The highest BCUT2D eigenvalue weighted by Gasteiger charge is 2.31. The zero-order valence-corrected chi connectivity index (χ0v) is 15.2. The first-order chi connectivity index (χ1) is 12.5. The van der Waals surface area contributed by atoms with Crippen LogP contribution in [0.5, 0.6) is 11.5 Å². The Kier molecular flexibility index (Phi) is 3.72. The van der Waals surface area contributed by atoms with E-state index in [1.165, 1.54) is 0 Å². The van der Waals surface area contributed by atoms with Crippen molar-refractivity contribution < 1.29 is 14.3 Å². The fraction of sp³-hybridized carbons (Fsp3) is 0.263. The number of hydrogen-bond acceptors (Lipinski definition) is 4. The van der Waals surface area contributed by atoms with Crippen LogP contribution in [-0.2, 0) is 6.54 Å². The molecule has 0 radical (unpaired) electrons. The van der Waals surface area contributed by atoms with Crippen LogP contribution in [0.1, 0.15) is 11.3 Å². The molecule has 1 aliphatic rings. The van der Waals surface area contributed by atoms with Crippen LogP contribution in [0, 0.1) is 6.92 Å². The van der Waals surface area contributed by atoms with Gasteiger partial charge in [0.1, 0.15) is 17.1 Å². The van der Waals surface area contributed by atoms with Crippen LogP contribution in [0.2, 0.25) is 0 Å². The van der Waals surface area contributed by atoms with Crippen LogP contribution >= 0.6 is 0 Å². The number of anilines is 2. The average Bonchev–Trinajstić information content (AvgIpc) is 3.03. The molecule has 3 heterocycles. The lowest BCUT2D eigenvalue weighted by molar-refractivity contribution is 0.251. The molecule has 134 valence electrons. The second-order valence-electron chi connectivity index (χ2n) is 6.35. The Morgan fingerprint density at radius 1 is 1.12 bits per heavy atom. The maximum Gasteiger partial charge on any atom is 0.329 e. The number of H-pyrrole nitrogens is 1. The number of aromatic amines is 1. The quantitative estimate of drug-likeness (QED) is 0.784. The van der Waals surface area contributed by atoms with Crippen molar-refractivity contribution in [2.24, 2.45) is 0 Å². The number of fused-ring (bicyclic) bond motifs is 3. The fourth-order valence-electron chi connectivity index (χ4n) is 3.41. The zero-order chi connectivity index (χ0) is 18.4. The predicted octanol–water partition coefficient (Wildman–Crippen LogP) is 3.46. The summed E-state index contributed by atoms with van der Waals surface area (Å²) in [6.07, 6.45) is 1.82. The van der Waals surface area contributed by atoms with Gasteiger partial charge in [0.25, 0.3) is 0 Å². The second kappa shape index (κ2) is 5.94. The van der Waals surface area contributed by atoms with E-state index >= 15 is 0 Å². The molecule has 0 aliphatic carbocycles. The van der Waals surface area contributed by atoms with Crippen LogP contribution in [-0.4, -0.2) is 37.3 Å². The van der Waals surface area contributed by atoms with Crippen molar-refractivity contribution in [2.45, 2.75) is 13.5 Å². The highest BCUT2D eigenvalue weighted by molar-refractivity contribution is 6.11. The number of pyridine rings is 1. The van der Waals surface area contributed by atoms with E-state index in [0.29, 0.717) is 23.7 Å². The van der Waals surface area contributed by atoms with Crippen LogP contribution in [0.15, 0.2) is 30.5 Å². The van der Waals surface area contributed by atoms with Gasteiger partial charge in [0.2, 0.25) is 0 Å². The summed E-state index contributed by atoms with van der Waals surface area (Å²) in [5, 5.41) is 0.957. The van der Waals surface area contributed by atoms with E-state index in [-0.39, 0.29) is 6.03 Å². The first-order valence-electron chi connectivity index (χ1n) is 8.27. The van der Waals surface area contributed by atoms with E-state index in [0.717, 1.165) is 28.0 Å². The summed E-state index contributed by atoms with van der Waals surface area (Å²) in [6, 6.07) is 7.34. The van der Waals surface area contributed by atoms with Crippen molar-refractivity contribution in [3.05, 3.63) is 41.7 Å². The number of nitrogens with zero attached hydrogens (tertiary/aromatic N) is 3. The zero-order valence-electron chi connectivity index (χ0n) is 15.2. The molecule has 2 amide bonds. The number of methoxy groups -OCH3 is 2. The summed E-state index contributed by atoms with van der Waals surface area (Å²) in [4.78, 5) is 24.2. The van der Waals surface area contributed by atoms with Crippen LogP contribution in [0.4, 0.5) is 16.2 Å². The number of hydrogen-bond donors (Lipinski definition) is 1. The number of aromatic nitrogens is 2. The molecule has 1 N–H and O–H groups in total. The molecule has 1 aliphatic heterocycles. The normalized spacial score (nSPS) is 13.9. The molecule has 0 saturated carbocycles. The van der Waals surface area contributed by atoms with Gasteiger partial charge in [0, 0.05) is 48.1 Å². The maximum atomic E-state index is 13.1. The topological polar surface area (TPSA) is 70.7 Å². The van der Waals surface area contributed by atoms with E-state index in [9.17, 15) is 4.79 Å². The monoisotopic (exact) mass is 352 g/mol. The number of carbonyl (C=O) groups excluding carboxylic acids is 1. The van der Waals surface area contributed by atoms with Gasteiger partial charge in [-0.25, -0.2) is 9.78 Å². The number of amides is 2. The van der Waals surface area contributed by atoms with Gasteiger partial charge in [-0.3, -0.25) is 9.80 Å². The molecular weight excluding hydrogens is 332 g/mol. The first kappa shape index (κ1) is 16.3. The SMILES string of the molecule is COc1cc(OC)cc(N2Cc3cnc4[nH]c(C)cc4c3N(C)C2=O)c1. The molecule has 0 bridgehead atoms. The minimum Gasteiger partial charge on any atom is -0.497 e. The van der Waals surface area contributed by atoms with Crippen LogP contribution < -0.4 is 19.3 Å². The van der Waals surface area contributed by atoms with Gasteiger partial charge < -0.3 is 14.5 Å². The summed E-state index contributed by atoms with van der Waals surface area (Å²) >= 11 is 0. The third-order valence-corrected chi connectivity index (χ3v) is 4.67. The van der Waals surface area contributed by atoms with Gasteiger partial charge >= 0.3 is 6.03 Å². The smallest absolute Gasteiger partial charge is 0.329 e. The minimum absolute atomic E-state index is 0.112. The number of rotatable bonds is 3. The molecule has 0 saturated heterocycles. The molecule has 3 aromatic rings. The van der Waals surface area contributed by atoms with Crippen LogP contribution in [0.3, 0.4) is 0 Å². The summed E-state index contributed by atoms with van der Waals surface area (Å²) in [5.41, 5.74) is 4.41. The summed E-state index contributed by atoms with van der Waals surface area (Å²) in [7, 11) is 4.96. The Morgan fingerprint density at radius 3 is 2.46 bits per heavy atom. The van der Waals surface area contributed by atoms with Crippen LogP contribution in [0.25, 0.3) is 11.0 Å². The predicted molar refractivity (Wildman–Crippen MR) is 100 cm³/mol. The first-order valence-corrected chi connectivity index (χ1v) is 8.27. The van der Waals surface area contributed by atoms with Gasteiger partial charge in [-0.05, 0) is 13.0 Å². The Labute approximate surface area is 151 Å². The number of benzene rings is 1. The minimum atomic E-state index is -0.112. The molecule has 26 heavy (non-hydrogen) atoms. The summed E-state index contributed by atoms with van der Waals surface area (Å²) in [5.74, 6) is 1.27. The lowest BCUT2D eigenvalue weighted by Crippen LogP contribution is -2.45. The molecular formula is C19H20N4O3. The van der Waals surface area contributed by atoms with Gasteiger partial charge in [0.15, 0.2) is 0 Å². The van der Waals surface area contributed by atoms with E-state index in [4.69, 9.17) is 9.47 Å². The van der Waals surface area contributed by atoms with Crippen molar-refractivity contribution >= 4 is 28.4 Å². The molecule has 0 unspecified atom stereocenters. The van der Waals surface area contributed by atoms with Crippen molar-refractivity contribution in [1.82, 2.24) is 9.97 Å². The Hall–Kier alpha value is -3.22. The third kappa shape index (κ3) is 2.44. The van der Waals surface area contributed by atoms with E-state index in [2.05, 4.69) is 9.97 Å². The molecule has 0 spiro atoms. The summed E-state index contributed by atoms with van der Waals surface area (Å²) < 4.78 is 10.7. The number of carbonyl (C=O) groups is 1. The third-order valence-electron chi connectivity index (χ3n) is 4.67. The van der Waals surface area contributed by atoms with E-state index in [1.54, 1.807) is 37.1 Å². The van der Waals surface area contributed by atoms with Gasteiger partial charge in [-0.15, -0.1) is 0 Å². The van der Waals surface area contributed by atoms with Gasteiger partial charge in [0.05, 0.1) is 32.1 Å². The van der Waals surface area contributed by atoms with Gasteiger partial charge in [-0.1, -0.05) is 0 Å². The van der Waals surface area contributed by atoms with E-state index < -0.39 is 0 Å². The second-order valence-corrected chi connectivity index (χ2v) is 6.35. The highest BCUT2D eigenvalue weighted by Crippen LogP contribution is 2.37. The molecule has 1 aromatic carbocycles. The standard InChI is InChI=1S/C19H20N4O3/c1-11-5-16-17-12(9-20-18(16)21-11)10-23(19(24)22(17)2)13-6-14(25-3)8-15(7-13)26-4/h5-9H,10H2,1-4H3,(H,20,21). The van der Waals surface area contributed by atoms with E-state index in [1.807, 2.05) is 31.3 Å². The lowest BCUT2D eigenvalue weighted by atomic mass is 10.1. The number of aryl methyl sites for hydroxylation is 1.